The standard InChI is InChI=1S/C24H21N7O2/c1-25-23(32)21-15-19(10-12-26-21)33-18-8-9-22-20(14-18)29-24(30(22)2)28-16-4-6-17(7-5-16)31-13-3-11-27-31/h3-15H,1-2H3,(H,25,32)(H,28,29). The maximum absolute atomic E-state index is 11.8. The Kier molecular flexibility index (Phi) is 5.19. The van der Waals surface area contributed by atoms with Gasteiger partial charge in [-0.25, -0.2) is 9.67 Å². The number of benzene rings is 2. The topological polar surface area (TPSA) is 98.9 Å². The molecule has 0 fully saturated rings. The van der Waals surface area contributed by atoms with E-state index in [2.05, 4.69) is 20.7 Å². The van der Waals surface area contributed by atoms with Gasteiger partial charge in [0.1, 0.15) is 17.2 Å². The van der Waals surface area contributed by atoms with Gasteiger partial charge in [0.2, 0.25) is 5.95 Å². The average Bonchev–Trinajstić information content (AvgIpc) is 3.48. The number of hydrogen-bond donors (Lipinski definition) is 2. The fraction of sp³-hybridized carbons (Fsp3) is 0.0833. The fourth-order valence-electron chi connectivity index (χ4n) is 3.47. The van der Waals surface area contributed by atoms with E-state index in [-0.39, 0.29) is 5.91 Å². The fourth-order valence-corrected chi connectivity index (χ4v) is 3.47. The minimum absolute atomic E-state index is 0.269. The Balaban J connectivity index is 1.36. The van der Waals surface area contributed by atoms with Crippen LogP contribution in [-0.2, 0) is 7.05 Å². The molecule has 1 amide bonds. The number of carbonyl (C=O) groups is 1. The number of hydrogen-bond acceptors (Lipinski definition) is 6. The Morgan fingerprint density at radius 1 is 1.00 bits per heavy atom. The van der Waals surface area contributed by atoms with E-state index < -0.39 is 0 Å². The van der Waals surface area contributed by atoms with Crippen LogP contribution in [0, 0.1) is 0 Å². The highest BCUT2D eigenvalue weighted by Crippen LogP contribution is 2.28. The van der Waals surface area contributed by atoms with Crippen LogP contribution in [-0.4, -0.2) is 37.3 Å². The molecule has 0 aliphatic rings. The molecule has 0 saturated heterocycles. The third kappa shape index (κ3) is 4.11. The molecule has 3 heterocycles. The van der Waals surface area contributed by atoms with Crippen LogP contribution in [0.3, 0.4) is 0 Å². The molecule has 2 N–H and O–H groups in total. The molecule has 0 radical (unpaired) electrons. The van der Waals surface area contributed by atoms with Gasteiger partial charge in [0.25, 0.3) is 5.91 Å². The largest absolute Gasteiger partial charge is 0.457 e. The van der Waals surface area contributed by atoms with E-state index in [1.165, 1.54) is 0 Å². The normalized spacial score (nSPS) is 10.8. The molecular weight excluding hydrogens is 418 g/mol. The second-order valence-electron chi connectivity index (χ2n) is 7.33. The van der Waals surface area contributed by atoms with E-state index >= 15 is 0 Å². The summed E-state index contributed by atoms with van der Waals surface area (Å²) < 4.78 is 9.73. The molecule has 3 aromatic heterocycles. The van der Waals surface area contributed by atoms with Gasteiger partial charge >= 0.3 is 0 Å². The lowest BCUT2D eigenvalue weighted by molar-refractivity contribution is 0.0958. The summed E-state index contributed by atoms with van der Waals surface area (Å²) in [4.78, 5) is 20.6. The van der Waals surface area contributed by atoms with Crippen LogP contribution in [0.25, 0.3) is 16.7 Å². The van der Waals surface area contributed by atoms with Crippen LogP contribution in [0.5, 0.6) is 11.5 Å². The van der Waals surface area contributed by atoms with Crippen molar-refractivity contribution < 1.29 is 9.53 Å². The van der Waals surface area contributed by atoms with Crippen LogP contribution >= 0.6 is 0 Å². The van der Waals surface area contributed by atoms with E-state index in [1.807, 2.05) is 66.3 Å². The highest BCUT2D eigenvalue weighted by atomic mass is 16.5. The summed E-state index contributed by atoms with van der Waals surface area (Å²) >= 11 is 0. The molecule has 0 aliphatic carbocycles. The van der Waals surface area contributed by atoms with Gasteiger partial charge in [-0.3, -0.25) is 9.78 Å². The lowest BCUT2D eigenvalue weighted by Crippen LogP contribution is -2.18. The summed E-state index contributed by atoms with van der Waals surface area (Å²) in [6.07, 6.45) is 5.19. The van der Waals surface area contributed by atoms with Gasteiger partial charge in [0.05, 0.1) is 16.7 Å². The number of anilines is 2. The molecule has 164 valence electrons. The first-order valence-electron chi connectivity index (χ1n) is 10.3. The van der Waals surface area contributed by atoms with Gasteiger partial charge < -0.3 is 19.9 Å². The van der Waals surface area contributed by atoms with Gasteiger partial charge in [-0.1, -0.05) is 0 Å². The van der Waals surface area contributed by atoms with Crippen LogP contribution in [0.2, 0.25) is 0 Å². The quantitative estimate of drug-likeness (QED) is 0.414. The highest BCUT2D eigenvalue weighted by Gasteiger charge is 2.11. The summed E-state index contributed by atoms with van der Waals surface area (Å²) in [5.74, 6) is 1.58. The first-order valence-corrected chi connectivity index (χ1v) is 10.3. The minimum Gasteiger partial charge on any atom is -0.457 e. The van der Waals surface area contributed by atoms with Crippen molar-refractivity contribution >= 4 is 28.6 Å². The van der Waals surface area contributed by atoms with E-state index in [9.17, 15) is 4.79 Å². The minimum atomic E-state index is -0.269. The molecule has 0 aliphatic heterocycles. The second-order valence-corrected chi connectivity index (χ2v) is 7.33. The maximum Gasteiger partial charge on any atom is 0.269 e. The van der Waals surface area contributed by atoms with Crippen molar-refractivity contribution in [2.75, 3.05) is 12.4 Å². The van der Waals surface area contributed by atoms with Crippen molar-refractivity contribution in [2.45, 2.75) is 0 Å². The third-order valence-corrected chi connectivity index (χ3v) is 5.17. The van der Waals surface area contributed by atoms with Crippen molar-refractivity contribution in [1.82, 2.24) is 29.6 Å². The number of imidazole rings is 1. The molecule has 0 unspecified atom stereocenters. The monoisotopic (exact) mass is 439 g/mol. The Morgan fingerprint density at radius 2 is 1.82 bits per heavy atom. The van der Waals surface area contributed by atoms with Gasteiger partial charge in [0.15, 0.2) is 0 Å². The Bertz CT molecular complexity index is 1420. The molecule has 5 aromatic rings. The number of aromatic nitrogens is 5. The van der Waals surface area contributed by atoms with Crippen LogP contribution in [0.4, 0.5) is 11.6 Å². The zero-order valence-corrected chi connectivity index (χ0v) is 18.1. The average molecular weight is 439 g/mol. The SMILES string of the molecule is CNC(=O)c1cc(Oc2ccc3c(c2)nc(Nc2ccc(-n4cccn4)cc2)n3C)ccn1. The number of carbonyl (C=O) groups excluding carboxylic acids is 1. The summed E-state index contributed by atoms with van der Waals surface area (Å²) in [6.45, 7) is 0. The smallest absolute Gasteiger partial charge is 0.269 e. The van der Waals surface area contributed by atoms with Crippen molar-refractivity contribution in [2.24, 2.45) is 7.05 Å². The Morgan fingerprint density at radius 3 is 2.58 bits per heavy atom. The molecule has 0 saturated carbocycles. The van der Waals surface area contributed by atoms with E-state index in [1.54, 1.807) is 36.3 Å². The zero-order chi connectivity index (χ0) is 22.8. The van der Waals surface area contributed by atoms with Crippen LogP contribution in [0.15, 0.2) is 79.3 Å². The number of aryl methyl sites for hydroxylation is 1. The summed E-state index contributed by atoms with van der Waals surface area (Å²) in [7, 11) is 3.51. The van der Waals surface area contributed by atoms with Crippen molar-refractivity contribution in [3.05, 3.63) is 84.9 Å². The van der Waals surface area contributed by atoms with Crippen molar-refractivity contribution in [3.8, 4) is 17.2 Å². The predicted octanol–water partition coefficient (Wildman–Crippen LogP) is 4.05. The van der Waals surface area contributed by atoms with Gasteiger partial charge in [-0.05, 0) is 48.5 Å². The second kappa shape index (κ2) is 8.46. The maximum atomic E-state index is 11.8. The highest BCUT2D eigenvalue weighted by molar-refractivity contribution is 5.92. The van der Waals surface area contributed by atoms with E-state index in [0.717, 1.165) is 22.4 Å². The number of rotatable bonds is 6. The lowest BCUT2D eigenvalue weighted by Gasteiger charge is -2.08. The van der Waals surface area contributed by atoms with Crippen LogP contribution < -0.4 is 15.4 Å². The summed E-state index contributed by atoms with van der Waals surface area (Å²) in [5.41, 5.74) is 3.93. The molecule has 0 atom stereocenters. The van der Waals surface area contributed by atoms with Crippen LogP contribution in [0.1, 0.15) is 10.5 Å². The predicted molar refractivity (Wildman–Crippen MR) is 125 cm³/mol. The molecule has 9 nitrogen and oxygen atoms in total. The van der Waals surface area contributed by atoms with Gasteiger partial charge in [-0.15, -0.1) is 0 Å². The molecule has 9 heteroatoms. The number of nitrogens with zero attached hydrogens (tertiary/aromatic N) is 5. The number of pyridine rings is 1. The summed E-state index contributed by atoms with van der Waals surface area (Å²) in [5, 5.41) is 10.2. The molecular formula is C24H21N7O2. The van der Waals surface area contributed by atoms with Crippen molar-refractivity contribution in [3.63, 3.8) is 0 Å². The molecule has 0 bridgehead atoms. The molecule has 5 rings (SSSR count). The van der Waals surface area contributed by atoms with E-state index in [4.69, 9.17) is 9.72 Å². The summed E-state index contributed by atoms with van der Waals surface area (Å²) in [6, 6.07) is 18.8. The lowest BCUT2D eigenvalue weighted by atomic mass is 10.3. The van der Waals surface area contributed by atoms with E-state index in [0.29, 0.717) is 23.1 Å². The number of nitrogens with one attached hydrogen (secondary N) is 2. The number of ether oxygens (including phenoxy) is 1. The molecule has 0 spiro atoms. The molecule has 33 heavy (non-hydrogen) atoms. The van der Waals surface area contributed by atoms with Gasteiger partial charge in [-0.2, -0.15) is 5.10 Å². The first-order chi connectivity index (χ1) is 16.1. The number of amides is 1. The van der Waals surface area contributed by atoms with Crippen molar-refractivity contribution in [1.29, 1.82) is 0 Å². The molecule has 2 aromatic carbocycles. The Hall–Kier alpha value is -4.66. The third-order valence-electron chi connectivity index (χ3n) is 5.17. The van der Waals surface area contributed by atoms with Gasteiger partial charge in [0, 0.05) is 50.5 Å². The Labute approximate surface area is 189 Å². The zero-order valence-electron chi connectivity index (χ0n) is 18.1. The number of fused-ring (bicyclic) bond motifs is 1. The first kappa shape index (κ1) is 20.3.